The van der Waals surface area contributed by atoms with Crippen LogP contribution in [0.3, 0.4) is 0 Å². The number of rotatable bonds is 8. The molecule has 1 aromatic carbocycles. The van der Waals surface area contributed by atoms with Gasteiger partial charge >= 0.3 is 0 Å². The third-order valence-electron chi connectivity index (χ3n) is 5.39. The Morgan fingerprint density at radius 2 is 2.03 bits per heavy atom. The molecule has 0 aliphatic carbocycles. The first kappa shape index (κ1) is 23.0. The van der Waals surface area contributed by atoms with E-state index < -0.39 is 5.91 Å². The largest absolute Gasteiger partial charge is 0.369 e. The minimum absolute atomic E-state index is 0.0995. The molecule has 9 nitrogen and oxygen atoms in total. The van der Waals surface area contributed by atoms with Crippen molar-refractivity contribution >= 4 is 34.6 Å². The van der Waals surface area contributed by atoms with E-state index in [1.54, 1.807) is 0 Å². The van der Waals surface area contributed by atoms with Gasteiger partial charge in [-0.1, -0.05) is 13.5 Å². The number of piperazine rings is 1. The highest BCUT2D eigenvalue weighted by Crippen LogP contribution is 2.31. The maximum absolute atomic E-state index is 11.9. The molecule has 1 aliphatic heterocycles. The summed E-state index contributed by atoms with van der Waals surface area (Å²) in [4.78, 5) is 25.3. The van der Waals surface area contributed by atoms with Gasteiger partial charge in [0.05, 0.1) is 6.20 Å². The quantitative estimate of drug-likeness (QED) is 0.542. The van der Waals surface area contributed by atoms with Gasteiger partial charge in [0.15, 0.2) is 0 Å². The average Bonchev–Trinajstić information content (AvgIpc) is 2.78. The van der Waals surface area contributed by atoms with Crippen LogP contribution in [0, 0.1) is 11.3 Å². The van der Waals surface area contributed by atoms with Crippen LogP contribution in [0.2, 0.25) is 0 Å². The van der Waals surface area contributed by atoms with Crippen LogP contribution in [0.4, 0.5) is 23.1 Å². The number of hydrogen-bond acceptors (Lipinski definition) is 8. The Hall–Kier alpha value is -3.64. The summed E-state index contributed by atoms with van der Waals surface area (Å²) in [5.41, 5.74) is 8.32. The number of primary amides is 1. The Bertz CT molecular complexity index is 1030. The molecule has 2 aromatic rings. The fourth-order valence-electron chi connectivity index (χ4n) is 3.57. The summed E-state index contributed by atoms with van der Waals surface area (Å²) >= 11 is 0. The molecule has 3 rings (SSSR count). The molecule has 168 valence electrons. The van der Waals surface area contributed by atoms with E-state index >= 15 is 0 Å². The molecular weight excluding hydrogens is 404 g/mol. The predicted molar refractivity (Wildman–Crippen MR) is 128 cm³/mol. The first-order valence-corrected chi connectivity index (χ1v) is 10.7. The van der Waals surface area contributed by atoms with Crippen LogP contribution >= 0.6 is 0 Å². The third-order valence-corrected chi connectivity index (χ3v) is 5.39. The van der Waals surface area contributed by atoms with Gasteiger partial charge in [0, 0.05) is 54.7 Å². The zero-order valence-corrected chi connectivity index (χ0v) is 18.9. The second-order valence-electron chi connectivity index (χ2n) is 7.99. The Kier molecular flexibility index (Phi) is 7.28. The number of benzene rings is 1. The van der Waals surface area contributed by atoms with Crippen LogP contribution in [0.15, 0.2) is 31.0 Å². The molecule has 1 amide bonds. The van der Waals surface area contributed by atoms with Crippen molar-refractivity contribution in [3.05, 3.63) is 42.1 Å². The van der Waals surface area contributed by atoms with Crippen LogP contribution < -0.4 is 21.3 Å². The van der Waals surface area contributed by atoms with Gasteiger partial charge in [0.1, 0.15) is 17.5 Å². The molecule has 2 heterocycles. The third kappa shape index (κ3) is 5.34. The van der Waals surface area contributed by atoms with Crippen molar-refractivity contribution in [3.63, 3.8) is 0 Å². The summed E-state index contributed by atoms with van der Waals surface area (Å²) < 4.78 is 0. The Balaban J connectivity index is 1.92. The van der Waals surface area contributed by atoms with Gasteiger partial charge in [-0.25, -0.2) is 4.98 Å². The standard InChI is InChI=1S/C23H30N8O/c1-5-30-8-10-31(11-9-30)18-6-7-20(19(12-18)16(4)21(25)32)28-23-26-14-17(13-24)22(29-23)27-15(2)3/h6-7,12,14-15H,4-5,8-11H2,1-3H3,(H2,25,32)(H2,26,27,28,29). The summed E-state index contributed by atoms with van der Waals surface area (Å²) in [5.74, 6) is 0.152. The lowest BCUT2D eigenvalue weighted by Crippen LogP contribution is -2.46. The summed E-state index contributed by atoms with van der Waals surface area (Å²) in [7, 11) is 0. The van der Waals surface area contributed by atoms with Crippen LogP contribution in [0.1, 0.15) is 31.9 Å². The van der Waals surface area contributed by atoms with Crippen molar-refractivity contribution < 1.29 is 4.79 Å². The van der Waals surface area contributed by atoms with Crippen molar-refractivity contribution in [2.45, 2.75) is 26.8 Å². The normalized spacial score (nSPS) is 14.2. The average molecular weight is 435 g/mol. The summed E-state index contributed by atoms with van der Waals surface area (Å²) in [6, 6.07) is 7.99. The maximum Gasteiger partial charge on any atom is 0.248 e. The first-order valence-electron chi connectivity index (χ1n) is 10.7. The van der Waals surface area contributed by atoms with E-state index in [-0.39, 0.29) is 11.6 Å². The van der Waals surface area contributed by atoms with Gasteiger partial charge in [0.25, 0.3) is 0 Å². The molecule has 0 bridgehead atoms. The number of nitrogens with zero attached hydrogens (tertiary/aromatic N) is 5. The van der Waals surface area contributed by atoms with Gasteiger partial charge in [-0.15, -0.1) is 0 Å². The minimum atomic E-state index is -0.594. The summed E-state index contributed by atoms with van der Waals surface area (Å²) in [5, 5.41) is 15.6. The SMILES string of the molecule is C=C(C(N)=O)c1cc(N2CCN(CC)CC2)ccc1Nc1ncc(C#N)c(NC(C)C)n1. The number of nitriles is 1. The second kappa shape index (κ2) is 10.1. The number of amides is 1. The molecule has 0 radical (unpaired) electrons. The van der Waals surface area contributed by atoms with Crippen molar-refractivity contribution in [3.8, 4) is 6.07 Å². The highest BCUT2D eigenvalue weighted by molar-refractivity contribution is 6.19. The molecule has 0 unspecified atom stereocenters. The molecule has 0 atom stereocenters. The molecular formula is C23H30N8O. The zero-order chi connectivity index (χ0) is 23.3. The number of hydrogen-bond donors (Lipinski definition) is 3. The van der Waals surface area contributed by atoms with Gasteiger partial charge in [-0.3, -0.25) is 4.79 Å². The van der Waals surface area contributed by atoms with Gasteiger partial charge in [-0.2, -0.15) is 10.2 Å². The number of carbonyl (C=O) groups excluding carboxylic acids is 1. The summed E-state index contributed by atoms with van der Waals surface area (Å²) in [6.45, 7) is 14.8. The molecule has 0 spiro atoms. The molecule has 9 heteroatoms. The monoisotopic (exact) mass is 434 g/mol. The molecule has 1 aromatic heterocycles. The zero-order valence-electron chi connectivity index (χ0n) is 18.9. The minimum Gasteiger partial charge on any atom is -0.369 e. The van der Waals surface area contributed by atoms with Crippen LogP contribution in [-0.2, 0) is 4.79 Å². The van der Waals surface area contributed by atoms with Crippen molar-refractivity contribution in [2.75, 3.05) is 48.3 Å². The first-order chi connectivity index (χ1) is 15.3. The van der Waals surface area contributed by atoms with E-state index in [0.29, 0.717) is 28.6 Å². The van der Waals surface area contributed by atoms with E-state index in [4.69, 9.17) is 5.73 Å². The lowest BCUT2D eigenvalue weighted by atomic mass is 10.0. The van der Waals surface area contributed by atoms with E-state index in [1.807, 2.05) is 32.0 Å². The van der Waals surface area contributed by atoms with Crippen LogP contribution in [-0.4, -0.2) is 59.5 Å². The lowest BCUT2D eigenvalue weighted by molar-refractivity contribution is -0.112. The van der Waals surface area contributed by atoms with E-state index in [1.165, 1.54) is 6.20 Å². The lowest BCUT2D eigenvalue weighted by Gasteiger charge is -2.35. The smallest absolute Gasteiger partial charge is 0.248 e. The van der Waals surface area contributed by atoms with Gasteiger partial charge in [-0.05, 0) is 38.6 Å². The van der Waals surface area contributed by atoms with E-state index in [0.717, 1.165) is 38.4 Å². The molecule has 32 heavy (non-hydrogen) atoms. The molecule has 1 aliphatic rings. The van der Waals surface area contributed by atoms with Crippen molar-refractivity contribution in [2.24, 2.45) is 5.73 Å². The number of carbonyl (C=O) groups is 1. The fourth-order valence-corrected chi connectivity index (χ4v) is 3.57. The van der Waals surface area contributed by atoms with Crippen molar-refractivity contribution in [1.29, 1.82) is 5.26 Å². The van der Waals surface area contributed by atoms with Gasteiger partial charge in [0.2, 0.25) is 11.9 Å². The molecule has 1 fully saturated rings. The topological polar surface area (TPSA) is 123 Å². The number of nitrogens with two attached hydrogens (primary N) is 1. The number of aromatic nitrogens is 2. The van der Waals surface area contributed by atoms with E-state index in [9.17, 15) is 10.1 Å². The number of likely N-dealkylation sites (N-methyl/N-ethyl adjacent to an activating group) is 1. The molecule has 0 saturated carbocycles. The molecule has 4 N–H and O–H groups in total. The fraction of sp³-hybridized carbons (Fsp3) is 0.391. The number of anilines is 4. The molecule has 1 saturated heterocycles. The van der Waals surface area contributed by atoms with Crippen LogP contribution in [0.25, 0.3) is 5.57 Å². The van der Waals surface area contributed by atoms with E-state index in [2.05, 4.69) is 50.0 Å². The van der Waals surface area contributed by atoms with Crippen LogP contribution in [0.5, 0.6) is 0 Å². The second-order valence-corrected chi connectivity index (χ2v) is 7.99. The maximum atomic E-state index is 11.9. The highest BCUT2D eigenvalue weighted by Gasteiger charge is 2.19. The number of nitrogens with one attached hydrogen (secondary N) is 2. The Morgan fingerprint density at radius 1 is 1.31 bits per heavy atom. The Morgan fingerprint density at radius 3 is 2.62 bits per heavy atom. The Labute approximate surface area is 188 Å². The summed E-state index contributed by atoms with van der Waals surface area (Å²) in [6.07, 6.45) is 1.46. The predicted octanol–water partition coefficient (Wildman–Crippen LogP) is 2.55. The van der Waals surface area contributed by atoms with Crippen molar-refractivity contribution in [1.82, 2.24) is 14.9 Å². The highest BCUT2D eigenvalue weighted by atomic mass is 16.1. The van der Waals surface area contributed by atoms with Gasteiger partial charge < -0.3 is 26.2 Å².